The van der Waals surface area contributed by atoms with Crippen molar-refractivity contribution in [3.05, 3.63) is 59.2 Å². The summed E-state index contributed by atoms with van der Waals surface area (Å²) in [5, 5.41) is 10.1. The maximum atomic E-state index is 12.9. The van der Waals surface area contributed by atoms with E-state index in [0.717, 1.165) is 18.7 Å². The van der Waals surface area contributed by atoms with Gasteiger partial charge in [-0.1, -0.05) is 48.2 Å². The quantitative estimate of drug-likeness (QED) is 0.340. The summed E-state index contributed by atoms with van der Waals surface area (Å²) >= 11 is 0. The van der Waals surface area contributed by atoms with Gasteiger partial charge in [0.2, 0.25) is 0 Å². The van der Waals surface area contributed by atoms with Gasteiger partial charge in [-0.2, -0.15) is 0 Å². The standard InChI is InChI=1S/C23H29N3O5S/c1-5-25(6-2)15-8-7-11-19-17-21(31-4)13-14-22(19)32(29,30)24-26(28)23(27)20-12-9-10-18(3)16-20/h9-10,12-14,16-17,24,28H,5-6,11,15H2,1-4H3. The Labute approximate surface area is 189 Å². The van der Waals surface area contributed by atoms with Crippen molar-refractivity contribution in [2.24, 2.45) is 0 Å². The number of ether oxygens (including phenoxy) is 1. The first-order valence-corrected chi connectivity index (χ1v) is 11.7. The van der Waals surface area contributed by atoms with Crippen LogP contribution in [0.5, 0.6) is 5.75 Å². The number of nitrogens with one attached hydrogen (secondary N) is 1. The molecular weight excluding hydrogens is 430 g/mol. The van der Waals surface area contributed by atoms with Gasteiger partial charge in [-0.05, 0) is 55.9 Å². The zero-order valence-corrected chi connectivity index (χ0v) is 19.6. The summed E-state index contributed by atoms with van der Waals surface area (Å²) in [7, 11) is -2.79. The maximum Gasteiger partial charge on any atom is 0.293 e. The van der Waals surface area contributed by atoms with Crippen molar-refractivity contribution in [3.8, 4) is 17.6 Å². The predicted octanol–water partition coefficient (Wildman–Crippen LogP) is 2.62. The van der Waals surface area contributed by atoms with Gasteiger partial charge in [0.1, 0.15) is 5.75 Å². The van der Waals surface area contributed by atoms with Crippen LogP contribution < -0.4 is 9.57 Å². The SMILES string of the molecule is CCN(CC)CC#CCc1cc(OC)ccc1S(=O)(=O)NN(O)C(=O)c1cccc(C)c1. The van der Waals surface area contributed by atoms with Crippen LogP contribution in [-0.4, -0.2) is 56.3 Å². The molecular formula is C23H29N3O5S. The minimum atomic E-state index is -4.27. The average Bonchev–Trinajstić information content (AvgIpc) is 2.78. The lowest BCUT2D eigenvalue weighted by atomic mass is 10.1. The molecule has 0 heterocycles. The van der Waals surface area contributed by atoms with Gasteiger partial charge < -0.3 is 4.74 Å². The Hall–Kier alpha value is -2.90. The highest BCUT2D eigenvalue weighted by atomic mass is 32.2. The number of sulfonamides is 1. The summed E-state index contributed by atoms with van der Waals surface area (Å²) in [4.78, 5) is 16.4. The minimum Gasteiger partial charge on any atom is -0.497 e. The number of hydrazine groups is 1. The van der Waals surface area contributed by atoms with E-state index in [2.05, 4.69) is 16.7 Å². The Morgan fingerprint density at radius 3 is 2.47 bits per heavy atom. The molecule has 0 aliphatic rings. The Balaban J connectivity index is 2.26. The highest BCUT2D eigenvalue weighted by molar-refractivity contribution is 7.89. The van der Waals surface area contributed by atoms with Crippen LogP contribution in [0.25, 0.3) is 0 Å². The molecule has 2 N–H and O–H groups in total. The average molecular weight is 460 g/mol. The van der Waals surface area contributed by atoms with Crippen molar-refractivity contribution in [2.45, 2.75) is 32.1 Å². The van der Waals surface area contributed by atoms with Crippen LogP contribution in [0.4, 0.5) is 0 Å². The lowest BCUT2D eigenvalue weighted by Gasteiger charge is -2.18. The molecule has 0 saturated carbocycles. The van der Waals surface area contributed by atoms with Gasteiger partial charge in [-0.15, -0.1) is 5.17 Å². The largest absolute Gasteiger partial charge is 0.497 e. The Bertz CT molecular complexity index is 1100. The van der Waals surface area contributed by atoms with Gasteiger partial charge in [0.15, 0.2) is 0 Å². The molecule has 0 bridgehead atoms. The number of amides is 1. The van der Waals surface area contributed by atoms with E-state index >= 15 is 0 Å². The topological polar surface area (TPSA) is 99.2 Å². The second kappa shape index (κ2) is 11.6. The van der Waals surface area contributed by atoms with Crippen LogP contribution in [0.2, 0.25) is 0 Å². The van der Waals surface area contributed by atoms with E-state index in [0.29, 0.717) is 17.9 Å². The fourth-order valence-corrected chi connectivity index (χ4v) is 4.09. The molecule has 0 aromatic heterocycles. The fourth-order valence-electron chi connectivity index (χ4n) is 2.96. The Kier molecular flexibility index (Phi) is 9.23. The predicted molar refractivity (Wildman–Crippen MR) is 122 cm³/mol. The number of methoxy groups -OCH3 is 1. The molecule has 2 rings (SSSR count). The molecule has 0 saturated heterocycles. The van der Waals surface area contributed by atoms with E-state index in [9.17, 15) is 18.4 Å². The van der Waals surface area contributed by atoms with E-state index in [1.165, 1.54) is 25.3 Å². The Morgan fingerprint density at radius 1 is 1.12 bits per heavy atom. The van der Waals surface area contributed by atoms with E-state index in [1.807, 2.05) is 18.7 Å². The molecule has 2 aromatic carbocycles. The molecule has 0 atom stereocenters. The van der Waals surface area contributed by atoms with Gasteiger partial charge in [0.25, 0.3) is 15.9 Å². The maximum absolute atomic E-state index is 12.9. The van der Waals surface area contributed by atoms with Gasteiger partial charge in [0.05, 0.1) is 18.6 Å². The third kappa shape index (κ3) is 6.80. The monoisotopic (exact) mass is 459 g/mol. The van der Waals surface area contributed by atoms with Crippen molar-refractivity contribution in [1.29, 1.82) is 0 Å². The van der Waals surface area contributed by atoms with Crippen LogP contribution >= 0.6 is 0 Å². The number of hydrogen-bond donors (Lipinski definition) is 2. The molecule has 0 fully saturated rings. The van der Waals surface area contributed by atoms with Crippen molar-refractivity contribution >= 4 is 15.9 Å². The number of benzene rings is 2. The minimum absolute atomic E-state index is 0.0236. The number of hydroxylamine groups is 1. The highest BCUT2D eigenvalue weighted by Crippen LogP contribution is 2.22. The van der Waals surface area contributed by atoms with E-state index in [-0.39, 0.29) is 22.1 Å². The second-order valence-corrected chi connectivity index (χ2v) is 8.68. The van der Waals surface area contributed by atoms with E-state index < -0.39 is 15.9 Å². The zero-order chi connectivity index (χ0) is 23.7. The summed E-state index contributed by atoms with van der Waals surface area (Å²) in [5.41, 5.74) is 1.33. The van der Waals surface area contributed by atoms with E-state index in [4.69, 9.17) is 4.74 Å². The molecule has 2 aromatic rings. The Morgan fingerprint density at radius 2 is 1.84 bits per heavy atom. The first-order valence-electron chi connectivity index (χ1n) is 10.2. The lowest BCUT2D eigenvalue weighted by Crippen LogP contribution is -2.44. The molecule has 32 heavy (non-hydrogen) atoms. The summed E-state index contributed by atoms with van der Waals surface area (Å²) in [6, 6.07) is 10.9. The third-order valence-electron chi connectivity index (χ3n) is 4.82. The molecule has 0 unspecified atom stereocenters. The molecule has 0 aliphatic heterocycles. The summed E-state index contributed by atoms with van der Waals surface area (Å²) < 4.78 is 31.1. The number of hydrogen-bond acceptors (Lipinski definition) is 6. The van der Waals surface area contributed by atoms with Gasteiger partial charge >= 0.3 is 0 Å². The second-order valence-electron chi connectivity index (χ2n) is 7.05. The number of carbonyl (C=O) groups excluding carboxylic acids is 1. The zero-order valence-electron chi connectivity index (χ0n) is 18.8. The first-order chi connectivity index (χ1) is 15.2. The van der Waals surface area contributed by atoms with Gasteiger partial charge in [-0.25, -0.2) is 8.42 Å². The van der Waals surface area contributed by atoms with Crippen molar-refractivity contribution in [3.63, 3.8) is 0 Å². The van der Waals surface area contributed by atoms with Crippen molar-refractivity contribution in [1.82, 2.24) is 14.9 Å². The molecule has 1 amide bonds. The molecule has 0 aliphatic carbocycles. The first kappa shape index (κ1) is 25.4. The molecule has 0 radical (unpaired) electrons. The summed E-state index contributed by atoms with van der Waals surface area (Å²) in [5.74, 6) is 5.61. The molecule has 172 valence electrons. The fraction of sp³-hybridized carbons (Fsp3) is 0.348. The number of rotatable bonds is 9. The molecule has 0 spiro atoms. The van der Waals surface area contributed by atoms with E-state index in [1.54, 1.807) is 31.2 Å². The molecule has 8 nitrogen and oxygen atoms in total. The molecule has 9 heteroatoms. The number of aryl methyl sites for hydroxylation is 1. The van der Waals surface area contributed by atoms with Crippen LogP contribution in [0.15, 0.2) is 47.4 Å². The van der Waals surface area contributed by atoms with Gasteiger partial charge in [0, 0.05) is 12.0 Å². The van der Waals surface area contributed by atoms with Crippen LogP contribution in [0.3, 0.4) is 0 Å². The van der Waals surface area contributed by atoms with Crippen molar-refractivity contribution in [2.75, 3.05) is 26.7 Å². The smallest absolute Gasteiger partial charge is 0.293 e. The third-order valence-corrected chi connectivity index (χ3v) is 6.21. The van der Waals surface area contributed by atoms with Crippen LogP contribution in [-0.2, 0) is 16.4 Å². The summed E-state index contributed by atoms with van der Waals surface area (Å²) in [6.45, 7) is 8.19. The summed E-state index contributed by atoms with van der Waals surface area (Å²) in [6.07, 6.45) is 0.159. The number of carbonyl (C=O) groups is 1. The lowest BCUT2D eigenvalue weighted by molar-refractivity contribution is -0.0761. The van der Waals surface area contributed by atoms with Gasteiger partial charge in [-0.3, -0.25) is 14.9 Å². The van der Waals surface area contributed by atoms with Crippen LogP contribution in [0.1, 0.15) is 35.3 Å². The highest BCUT2D eigenvalue weighted by Gasteiger charge is 2.25. The van der Waals surface area contributed by atoms with Crippen molar-refractivity contribution < 1.29 is 23.2 Å². The van der Waals surface area contributed by atoms with Crippen LogP contribution in [0, 0.1) is 18.8 Å². The normalized spacial score (nSPS) is 11.1. The number of nitrogens with zero attached hydrogens (tertiary/aromatic N) is 2.